The van der Waals surface area contributed by atoms with Crippen LogP contribution in [0.2, 0.25) is 0 Å². The van der Waals surface area contributed by atoms with Gasteiger partial charge in [-0.15, -0.1) is 0 Å². The number of hydrogen-bond acceptors (Lipinski definition) is 6. The summed E-state index contributed by atoms with van der Waals surface area (Å²) >= 11 is 0. The predicted octanol–water partition coefficient (Wildman–Crippen LogP) is 17.5. The van der Waals surface area contributed by atoms with Crippen LogP contribution in [0.15, 0.2) is 24.3 Å². The maximum atomic E-state index is 12.8. The summed E-state index contributed by atoms with van der Waals surface area (Å²) in [5.74, 6) is -0.871. The molecule has 0 saturated heterocycles. The van der Waals surface area contributed by atoms with Crippen molar-refractivity contribution in [3.8, 4) is 0 Å². The van der Waals surface area contributed by atoms with Gasteiger partial charge in [0.25, 0.3) is 0 Å². The van der Waals surface area contributed by atoms with E-state index in [1.54, 1.807) is 0 Å². The molecule has 0 fully saturated rings. The van der Waals surface area contributed by atoms with Crippen LogP contribution in [0.5, 0.6) is 0 Å². The van der Waals surface area contributed by atoms with Crippen LogP contribution in [0.1, 0.15) is 290 Å². The maximum Gasteiger partial charge on any atom is 0.306 e. The van der Waals surface area contributed by atoms with Gasteiger partial charge < -0.3 is 14.2 Å². The average molecular weight is 859 g/mol. The number of unbranched alkanes of at least 4 members (excludes halogenated alkanes) is 34. The third-order valence-electron chi connectivity index (χ3n) is 11.9. The van der Waals surface area contributed by atoms with E-state index in [-0.39, 0.29) is 31.1 Å². The second-order valence-electron chi connectivity index (χ2n) is 18.1. The summed E-state index contributed by atoms with van der Waals surface area (Å²) in [5, 5.41) is 0. The zero-order valence-electron chi connectivity index (χ0n) is 40.9. The van der Waals surface area contributed by atoms with E-state index in [4.69, 9.17) is 14.2 Å². The number of rotatable bonds is 49. The molecule has 0 aliphatic heterocycles. The lowest BCUT2D eigenvalue weighted by molar-refractivity contribution is -0.167. The SMILES string of the molecule is CCCCC/C=C\CCCCCCCC(=O)OCC(COC(=O)CCCCCCCCC/C=C\CCCCCCCC)OC(=O)CCCCCCCCCCCCCCCC. The minimum atomic E-state index is -0.771. The van der Waals surface area contributed by atoms with Crippen molar-refractivity contribution in [1.29, 1.82) is 0 Å². The fourth-order valence-electron chi connectivity index (χ4n) is 7.84. The molecule has 0 bridgehead atoms. The van der Waals surface area contributed by atoms with Crippen molar-refractivity contribution < 1.29 is 28.6 Å². The van der Waals surface area contributed by atoms with Gasteiger partial charge in [0.2, 0.25) is 0 Å². The van der Waals surface area contributed by atoms with Crippen molar-refractivity contribution in [2.24, 2.45) is 0 Å². The monoisotopic (exact) mass is 859 g/mol. The highest BCUT2D eigenvalue weighted by molar-refractivity contribution is 5.71. The molecule has 6 nitrogen and oxygen atoms in total. The summed E-state index contributed by atoms with van der Waals surface area (Å²) in [7, 11) is 0. The van der Waals surface area contributed by atoms with Gasteiger partial charge in [0.15, 0.2) is 6.10 Å². The Kier molecular flexibility index (Phi) is 48.8. The number of carbonyl (C=O) groups is 3. The van der Waals surface area contributed by atoms with Crippen molar-refractivity contribution >= 4 is 17.9 Å². The van der Waals surface area contributed by atoms with Crippen molar-refractivity contribution in [3.63, 3.8) is 0 Å². The van der Waals surface area contributed by atoms with Crippen molar-refractivity contribution in [1.82, 2.24) is 0 Å². The van der Waals surface area contributed by atoms with Crippen LogP contribution in [-0.2, 0) is 28.6 Å². The zero-order chi connectivity index (χ0) is 44.4. The van der Waals surface area contributed by atoms with Gasteiger partial charge in [-0.25, -0.2) is 0 Å². The highest BCUT2D eigenvalue weighted by Gasteiger charge is 2.19. The minimum Gasteiger partial charge on any atom is -0.462 e. The molecule has 6 heteroatoms. The fraction of sp³-hybridized carbons (Fsp3) is 0.873. The largest absolute Gasteiger partial charge is 0.462 e. The normalized spacial score (nSPS) is 12.1. The third kappa shape index (κ3) is 48.8. The first kappa shape index (κ1) is 58.9. The van der Waals surface area contributed by atoms with Crippen LogP contribution in [0.3, 0.4) is 0 Å². The molecule has 0 amide bonds. The lowest BCUT2D eigenvalue weighted by atomic mass is 10.0. The number of hydrogen-bond donors (Lipinski definition) is 0. The van der Waals surface area contributed by atoms with Gasteiger partial charge in [0, 0.05) is 19.3 Å². The average Bonchev–Trinajstić information content (AvgIpc) is 3.26. The van der Waals surface area contributed by atoms with Crippen LogP contribution in [0, 0.1) is 0 Å². The minimum absolute atomic E-state index is 0.0724. The Morgan fingerprint density at radius 3 is 0.852 bits per heavy atom. The molecule has 0 saturated carbocycles. The Balaban J connectivity index is 4.33. The topological polar surface area (TPSA) is 78.9 Å². The summed E-state index contributed by atoms with van der Waals surface area (Å²) in [6, 6.07) is 0. The molecule has 358 valence electrons. The van der Waals surface area contributed by atoms with Crippen LogP contribution in [0.4, 0.5) is 0 Å². The second kappa shape index (κ2) is 50.5. The quantitative estimate of drug-likeness (QED) is 0.0262. The van der Waals surface area contributed by atoms with Gasteiger partial charge in [-0.1, -0.05) is 225 Å². The van der Waals surface area contributed by atoms with E-state index < -0.39 is 6.10 Å². The van der Waals surface area contributed by atoms with Gasteiger partial charge in [-0.2, -0.15) is 0 Å². The molecule has 0 heterocycles. The molecule has 0 aliphatic rings. The number of esters is 3. The Morgan fingerprint density at radius 2 is 0.541 bits per heavy atom. The standard InChI is InChI=1S/C55H102O6/c1-4-7-10-13-16-19-22-25-27-28-29-31-33-36-39-42-45-48-54(57)60-51-52(50-59-53(56)47-44-41-38-35-32-24-21-18-15-12-9-6-3)61-55(58)49-46-43-40-37-34-30-26-23-20-17-14-11-8-5-2/h18,21,25,27,52H,4-17,19-20,22-24,26,28-51H2,1-3H3/b21-18-,27-25-. The van der Waals surface area contributed by atoms with Crippen LogP contribution >= 0.6 is 0 Å². The summed E-state index contributed by atoms with van der Waals surface area (Å²) in [5.41, 5.74) is 0. The molecule has 0 aromatic rings. The van der Waals surface area contributed by atoms with Crippen LogP contribution in [0.25, 0.3) is 0 Å². The number of ether oxygens (including phenoxy) is 3. The Labute approximate surface area is 379 Å². The second-order valence-corrected chi connectivity index (χ2v) is 18.1. The lowest BCUT2D eigenvalue weighted by Gasteiger charge is -2.18. The summed E-state index contributed by atoms with van der Waals surface area (Å²) in [6.07, 6.45) is 57.3. The lowest BCUT2D eigenvalue weighted by Crippen LogP contribution is -2.30. The number of allylic oxidation sites excluding steroid dienone is 4. The van der Waals surface area contributed by atoms with E-state index in [0.717, 1.165) is 64.2 Å². The van der Waals surface area contributed by atoms with Gasteiger partial charge >= 0.3 is 17.9 Å². The van der Waals surface area contributed by atoms with Gasteiger partial charge in [-0.05, 0) is 70.6 Å². The molecule has 0 aromatic heterocycles. The summed E-state index contributed by atoms with van der Waals surface area (Å²) in [4.78, 5) is 38.0. The van der Waals surface area contributed by atoms with E-state index >= 15 is 0 Å². The molecule has 0 rings (SSSR count). The Morgan fingerprint density at radius 1 is 0.311 bits per heavy atom. The molecular weight excluding hydrogens is 757 g/mol. The van der Waals surface area contributed by atoms with E-state index in [0.29, 0.717) is 19.3 Å². The highest BCUT2D eigenvalue weighted by atomic mass is 16.6. The first-order valence-corrected chi connectivity index (χ1v) is 26.8. The maximum absolute atomic E-state index is 12.8. The zero-order valence-corrected chi connectivity index (χ0v) is 40.9. The molecule has 0 radical (unpaired) electrons. The Hall–Kier alpha value is -2.11. The first-order chi connectivity index (χ1) is 30.0. The van der Waals surface area contributed by atoms with E-state index in [1.165, 1.54) is 186 Å². The van der Waals surface area contributed by atoms with Gasteiger partial charge in [0.1, 0.15) is 13.2 Å². The molecule has 0 N–H and O–H groups in total. The van der Waals surface area contributed by atoms with Crippen molar-refractivity contribution in [2.45, 2.75) is 297 Å². The van der Waals surface area contributed by atoms with E-state index in [2.05, 4.69) is 45.1 Å². The Bertz CT molecular complexity index is 989. The van der Waals surface area contributed by atoms with Crippen molar-refractivity contribution in [2.75, 3.05) is 13.2 Å². The molecule has 0 spiro atoms. The van der Waals surface area contributed by atoms with Crippen LogP contribution in [-0.4, -0.2) is 37.2 Å². The predicted molar refractivity (Wildman–Crippen MR) is 261 cm³/mol. The fourth-order valence-corrected chi connectivity index (χ4v) is 7.84. The van der Waals surface area contributed by atoms with Crippen LogP contribution < -0.4 is 0 Å². The highest BCUT2D eigenvalue weighted by Crippen LogP contribution is 2.16. The molecule has 0 aromatic carbocycles. The molecule has 0 aliphatic carbocycles. The van der Waals surface area contributed by atoms with Gasteiger partial charge in [-0.3, -0.25) is 14.4 Å². The molecular formula is C55H102O6. The van der Waals surface area contributed by atoms with Gasteiger partial charge in [0.05, 0.1) is 0 Å². The smallest absolute Gasteiger partial charge is 0.306 e. The molecule has 1 atom stereocenters. The van der Waals surface area contributed by atoms with E-state index in [9.17, 15) is 14.4 Å². The summed E-state index contributed by atoms with van der Waals surface area (Å²) < 4.78 is 16.8. The molecule has 1 unspecified atom stereocenters. The van der Waals surface area contributed by atoms with E-state index in [1.807, 2.05) is 0 Å². The number of carbonyl (C=O) groups excluding carboxylic acids is 3. The van der Waals surface area contributed by atoms with Crippen molar-refractivity contribution in [3.05, 3.63) is 24.3 Å². The summed E-state index contributed by atoms with van der Waals surface area (Å²) in [6.45, 7) is 6.63. The third-order valence-corrected chi connectivity index (χ3v) is 11.9. The first-order valence-electron chi connectivity index (χ1n) is 26.8. The molecule has 61 heavy (non-hydrogen) atoms.